The van der Waals surface area contributed by atoms with Gasteiger partial charge in [0.15, 0.2) is 17.6 Å². The number of aliphatic hydroxyl groups excluding tert-OH is 2. The van der Waals surface area contributed by atoms with E-state index in [4.69, 9.17) is 9.47 Å². The topological polar surface area (TPSA) is 201 Å². The van der Waals surface area contributed by atoms with E-state index in [2.05, 4.69) is 0 Å². The van der Waals surface area contributed by atoms with E-state index < -0.39 is 47.6 Å². The molecule has 0 bridgehead atoms. The number of fused-ring (bicyclic) bond motifs is 2. The lowest BCUT2D eigenvalue weighted by Gasteiger charge is -2.40. The molecule has 11 heteroatoms. The zero-order chi connectivity index (χ0) is 29.2. The summed E-state index contributed by atoms with van der Waals surface area (Å²) in [6.45, 7) is 0. The van der Waals surface area contributed by atoms with Gasteiger partial charge in [0.05, 0.1) is 12.0 Å². The van der Waals surface area contributed by atoms with Crippen molar-refractivity contribution in [3.05, 3.63) is 88.5 Å². The van der Waals surface area contributed by atoms with E-state index in [1.807, 2.05) is 0 Å². The Morgan fingerprint density at radius 2 is 1.24 bits per heavy atom. The summed E-state index contributed by atoms with van der Waals surface area (Å²) in [4.78, 5) is 0. The van der Waals surface area contributed by atoms with Crippen molar-refractivity contribution in [2.45, 2.75) is 36.8 Å². The summed E-state index contributed by atoms with van der Waals surface area (Å²) in [6.07, 6.45) is -5.05. The Labute approximate surface area is 232 Å². The lowest BCUT2D eigenvalue weighted by atomic mass is 9.77. The maximum atomic E-state index is 11.7. The van der Waals surface area contributed by atoms with E-state index in [0.717, 1.165) is 12.1 Å². The number of hydrogen-bond acceptors (Lipinski definition) is 11. The molecule has 2 aliphatic rings. The molecule has 5 atom stereocenters. The van der Waals surface area contributed by atoms with Crippen molar-refractivity contribution in [3.8, 4) is 51.7 Å². The standard InChI is InChI=1S/C30H26O11/c31-14-4-1-12(2-5-14)29-27(39)26(24-20(36)8-15(32)9-23(24)40-29)25-21(37)11-18(34)16-10-22(38)28(41-30(16)25)13-3-6-17(33)19(35)7-13/h1-9,11,22,26-29,31-39H,10H2/t22-,26-,27+,28-,29-/m1/s1. The predicted octanol–water partition coefficient (Wildman–Crippen LogP) is 3.29. The van der Waals surface area contributed by atoms with Crippen molar-refractivity contribution >= 4 is 0 Å². The second kappa shape index (κ2) is 9.58. The van der Waals surface area contributed by atoms with E-state index in [0.29, 0.717) is 5.56 Å². The lowest BCUT2D eigenvalue weighted by molar-refractivity contribution is 0.00122. The Morgan fingerprint density at radius 3 is 1.95 bits per heavy atom. The van der Waals surface area contributed by atoms with Gasteiger partial charge < -0.3 is 55.4 Å². The second-order valence-corrected chi connectivity index (χ2v) is 10.2. The summed E-state index contributed by atoms with van der Waals surface area (Å²) < 4.78 is 12.2. The molecule has 0 fully saturated rings. The number of hydrogen-bond donors (Lipinski definition) is 9. The molecule has 4 aromatic carbocycles. The first-order valence-electron chi connectivity index (χ1n) is 12.7. The third-order valence-electron chi connectivity index (χ3n) is 7.57. The number of phenols is 7. The zero-order valence-corrected chi connectivity index (χ0v) is 21.2. The van der Waals surface area contributed by atoms with Crippen LogP contribution in [0.25, 0.3) is 0 Å². The smallest absolute Gasteiger partial charge is 0.157 e. The molecule has 0 unspecified atom stereocenters. The summed E-state index contributed by atoms with van der Waals surface area (Å²) in [6, 6.07) is 13.1. The van der Waals surface area contributed by atoms with Crippen molar-refractivity contribution in [2.24, 2.45) is 0 Å². The van der Waals surface area contributed by atoms with Gasteiger partial charge in [0, 0.05) is 41.3 Å². The molecule has 0 aromatic heterocycles. The fourth-order valence-electron chi connectivity index (χ4n) is 5.66. The van der Waals surface area contributed by atoms with Gasteiger partial charge >= 0.3 is 0 Å². The first-order valence-corrected chi connectivity index (χ1v) is 12.7. The van der Waals surface area contributed by atoms with Crippen molar-refractivity contribution in [1.29, 1.82) is 0 Å². The molecule has 0 saturated heterocycles. The molecule has 9 N–H and O–H groups in total. The van der Waals surface area contributed by atoms with Crippen LogP contribution >= 0.6 is 0 Å². The van der Waals surface area contributed by atoms with Gasteiger partial charge in [-0.2, -0.15) is 0 Å². The Kier molecular flexibility index (Phi) is 6.13. The molecule has 0 saturated carbocycles. The van der Waals surface area contributed by atoms with Crippen molar-refractivity contribution in [3.63, 3.8) is 0 Å². The number of aliphatic hydroxyl groups is 2. The minimum atomic E-state index is -1.48. The number of phenolic OH excluding ortho intramolecular Hbond substituents is 7. The molecule has 0 radical (unpaired) electrons. The average molecular weight is 563 g/mol. The molecule has 0 aliphatic carbocycles. The van der Waals surface area contributed by atoms with Gasteiger partial charge in [-0.05, 0) is 35.4 Å². The second-order valence-electron chi connectivity index (χ2n) is 10.2. The quantitative estimate of drug-likeness (QED) is 0.166. The first-order chi connectivity index (χ1) is 19.5. The van der Waals surface area contributed by atoms with Gasteiger partial charge in [-0.15, -0.1) is 0 Å². The van der Waals surface area contributed by atoms with Gasteiger partial charge in [-0.3, -0.25) is 0 Å². The molecule has 0 spiro atoms. The van der Waals surface area contributed by atoms with Gasteiger partial charge in [-0.25, -0.2) is 0 Å². The van der Waals surface area contributed by atoms with Crippen LogP contribution in [0.3, 0.4) is 0 Å². The van der Waals surface area contributed by atoms with Crippen LogP contribution in [0.2, 0.25) is 0 Å². The zero-order valence-electron chi connectivity index (χ0n) is 21.2. The van der Waals surface area contributed by atoms with Gasteiger partial charge in [-0.1, -0.05) is 18.2 Å². The van der Waals surface area contributed by atoms with Crippen LogP contribution in [0.1, 0.15) is 45.9 Å². The van der Waals surface area contributed by atoms with Crippen LogP contribution in [-0.2, 0) is 6.42 Å². The highest BCUT2D eigenvalue weighted by Gasteiger charge is 2.46. The van der Waals surface area contributed by atoms with Gasteiger partial charge in [0.2, 0.25) is 0 Å². The van der Waals surface area contributed by atoms with E-state index in [1.165, 1.54) is 48.5 Å². The number of ether oxygens (including phenoxy) is 2. The van der Waals surface area contributed by atoms with Crippen LogP contribution in [-0.4, -0.2) is 58.2 Å². The van der Waals surface area contributed by atoms with Crippen LogP contribution in [0.15, 0.2) is 60.7 Å². The Hall–Kier alpha value is -5.00. The highest BCUT2D eigenvalue weighted by atomic mass is 16.5. The summed E-state index contributed by atoms with van der Waals surface area (Å²) in [5.41, 5.74) is 0.857. The first kappa shape index (κ1) is 26.2. The summed E-state index contributed by atoms with van der Waals surface area (Å²) >= 11 is 0. The van der Waals surface area contributed by atoms with Crippen LogP contribution in [0.4, 0.5) is 0 Å². The molecule has 0 amide bonds. The van der Waals surface area contributed by atoms with E-state index in [9.17, 15) is 46.0 Å². The summed E-state index contributed by atoms with van der Waals surface area (Å²) in [5.74, 6) is -3.76. The molecule has 41 heavy (non-hydrogen) atoms. The summed E-state index contributed by atoms with van der Waals surface area (Å²) in [5, 5.41) is 95.2. The lowest BCUT2D eigenvalue weighted by Crippen LogP contribution is -2.36. The maximum absolute atomic E-state index is 11.7. The largest absolute Gasteiger partial charge is 0.508 e. The molecule has 11 nitrogen and oxygen atoms in total. The van der Waals surface area contributed by atoms with Crippen LogP contribution in [0.5, 0.6) is 51.7 Å². The minimum absolute atomic E-state index is 0.00736. The predicted molar refractivity (Wildman–Crippen MR) is 142 cm³/mol. The minimum Gasteiger partial charge on any atom is -0.508 e. The number of aromatic hydroxyl groups is 7. The SMILES string of the molecule is Oc1ccc([C@H]2Oc3cc(O)cc(O)c3[C@H](c3c(O)cc(O)c4c3O[C@H](c3ccc(O)c(O)c3)[C@H](O)C4)[C@@H]2O)cc1. The fraction of sp³-hybridized carbons (Fsp3) is 0.200. The average Bonchev–Trinajstić information content (AvgIpc) is 2.92. The number of benzene rings is 4. The highest BCUT2D eigenvalue weighted by molar-refractivity contribution is 5.65. The Morgan fingerprint density at radius 1 is 0.561 bits per heavy atom. The molecule has 212 valence electrons. The Balaban J connectivity index is 1.55. The molecular weight excluding hydrogens is 536 g/mol. The molecule has 2 heterocycles. The van der Waals surface area contributed by atoms with Crippen LogP contribution in [0, 0.1) is 0 Å². The third-order valence-corrected chi connectivity index (χ3v) is 7.57. The van der Waals surface area contributed by atoms with Crippen molar-refractivity contribution in [2.75, 3.05) is 0 Å². The molecular formula is C30H26O11. The van der Waals surface area contributed by atoms with Gasteiger partial charge in [0.1, 0.15) is 52.5 Å². The van der Waals surface area contributed by atoms with Crippen molar-refractivity contribution < 1.29 is 55.4 Å². The van der Waals surface area contributed by atoms with E-state index in [-0.39, 0.29) is 63.2 Å². The van der Waals surface area contributed by atoms with E-state index >= 15 is 0 Å². The van der Waals surface area contributed by atoms with Gasteiger partial charge in [0.25, 0.3) is 0 Å². The monoisotopic (exact) mass is 562 g/mol. The third kappa shape index (κ3) is 4.31. The normalized spacial score (nSPS) is 23.1. The fourth-order valence-corrected chi connectivity index (χ4v) is 5.66. The van der Waals surface area contributed by atoms with Crippen molar-refractivity contribution in [1.82, 2.24) is 0 Å². The summed E-state index contributed by atoms with van der Waals surface area (Å²) in [7, 11) is 0. The Bertz CT molecular complexity index is 1650. The molecule has 6 rings (SSSR count). The maximum Gasteiger partial charge on any atom is 0.157 e. The highest BCUT2D eigenvalue weighted by Crippen LogP contribution is 2.57. The van der Waals surface area contributed by atoms with E-state index in [1.54, 1.807) is 0 Å². The van der Waals surface area contributed by atoms with Crippen LogP contribution < -0.4 is 9.47 Å². The number of rotatable bonds is 3. The molecule has 4 aromatic rings. The molecule has 2 aliphatic heterocycles.